The Morgan fingerprint density at radius 2 is 2.00 bits per heavy atom. The fraction of sp³-hybridized carbons (Fsp3) is 0.500. The zero-order chi connectivity index (χ0) is 15.7. The van der Waals surface area contributed by atoms with Crippen molar-refractivity contribution < 1.29 is 9.90 Å². The third-order valence-electron chi connectivity index (χ3n) is 4.41. The van der Waals surface area contributed by atoms with E-state index in [0.29, 0.717) is 11.5 Å². The molecule has 3 heteroatoms. The summed E-state index contributed by atoms with van der Waals surface area (Å²) < 4.78 is 2.04. The monoisotopic (exact) mass is 287 g/mol. The van der Waals surface area contributed by atoms with E-state index in [1.165, 1.54) is 11.3 Å². The SMILES string of the molecule is CCCCc1c(C)n(C)c2c(C(=O)O)cc(C(C)C)cc12. The molecule has 1 N–H and O–H groups in total. The van der Waals surface area contributed by atoms with Gasteiger partial charge >= 0.3 is 5.97 Å². The number of carbonyl (C=O) groups is 1. The molecule has 0 unspecified atom stereocenters. The Bertz CT molecular complexity index is 680. The highest BCUT2D eigenvalue weighted by atomic mass is 16.4. The molecule has 0 amide bonds. The van der Waals surface area contributed by atoms with Gasteiger partial charge in [0.25, 0.3) is 0 Å². The number of rotatable bonds is 5. The van der Waals surface area contributed by atoms with Crippen LogP contribution in [0.1, 0.15) is 66.7 Å². The molecule has 1 heterocycles. The molecule has 1 aromatic carbocycles. The lowest BCUT2D eigenvalue weighted by molar-refractivity contribution is 0.0698. The Kier molecular flexibility index (Phi) is 4.40. The van der Waals surface area contributed by atoms with Crippen molar-refractivity contribution in [2.24, 2.45) is 7.05 Å². The van der Waals surface area contributed by atoms with Crippen molar-refractivity contribution in [3.63, 3.8) is 0 Å². The molecule has 0 spiro atoms. The van der Waals surface area contributed by atoms with E-state index in [1.54, 1.807) is 0 Å². The van der Waals surface area contributed by atoms with Gasteiger partial charge in [0, 0.05) is 18.1 Å². The maximum atomic E-state index is 11.7. The molecule has 0 radical (unpaired) electrons. The molecule has 0 bridgehead atoms. The van der Waals surface area contributed by atoms with Crippen molar-refractivity contribution >= 4 is 16.9 Å². The van der Waals surface area contributed by atoms with Gasteiger partial charge in [-0.25, -0.2) is 4.79 Å². The molecule has 21 heavy (non-hydrogen) atoms. The minimum absolute atomic E-state index is 0.326. The normalized spacial score (nSPS) is 11.5. The van der Waals surface area contributed by atoms with E-state index in [9.17, 15) is 9.90 Å². The number of benzene rings is 1. The first-order valence-corrected chi connectivity index (χ1v) is 7.73. The van der Waals surface area contributed by atoms with E-state index in [1.807, 2.05) is 17.7 Å². The Hall–Kier alpha value is -1.77. The lowest BCUT2D eigenvalue weighted by atomic mass is 9.95. The first-order chi connectivity index (χ1) is 9.88. The Morgan fingerprint density at radius 3 is 2.52 bits per heavy atom. The number of hydrogen-bond donors (Lipinski definition) is 1. The number of fused-ring (bicyclic) bond motifs is 1. The van der Waals surface area contributed by atoms with Crippen molar-refractivity contribution in [3.8, 4) is 0 Å². The van der Waals surface area contributed by atoms with Gasteiger partial charge in [-0.05, 0) is 48.9 Å². The summed E-state index contributed by atoms with van der Waals surface area (Å²) in [6.07, 6.45) is 3.29. The minimum atomic E-state index is -0.842. The minimum Gasteiger partial charge on any atom is -0.478 e. The van der Waals surface area contributed by atoms with E-state index in [0.717, 1.165) is 35.7 Å². The van der Waals surface area contributed by atoms with Crippen LogP contribution in [0, 0.1) is 6.92 Å². The van der Waals surface area contributed by atoms with E-state index in [2.05, 4.69) is 33.8 Å². The Morgan fingerprint density at radius 1 is 1.33 bits per heavy atom. The number of aromatic nitrogens is 1. The number of carboxylic acid groups (broad SMARTS) is 1. The number of carboxylic acids is 1. The smallest absolute Gasteiger partial charge is 0.337 e. The summed E-state index contributed by atoms with van der Waals surface area (Å²) in [6.45, 7) is 8.48. The quantitative estimate of drug-likeness (QED) is 0.869. The lowest BCUT2D eigenvalue weighted by Crippen LogP contribution is -2.03. The maximum absolute atomic E-state index is 11.7. The Balaban J connectivity index is 2.80. The zero-order valence-electron chi connectivity index (χ0n) is 13.7. The van der Waals surface area contributed by atoms with Crippen molar-refractivity contribution in [2.45, 2.75) is 52.9 Å². The molecule has 0 aliphatic carbocycles. The van der Waals surface area contributed by atoms with E-state index >= 15 is 0 Å². The molecule has 0 saturated heterocycles. The molecule has 3 nitrogen and oxygen atoms in total. The second-order valence-corrected chi connectivity index (χ2v) is 6.15. The summed E-state index contributed by atoms with van der Waals surface area (Å²) in [5.41, 5.74) is 4.87. The highest BCUT2D eigenvalue weighted by Gasteiger charge is 2.20. The summed E-state index contributed by atoms with van der Waals surface area (Å²) in [5.74, 6) is -0.517. The summed E-state index contributed by atoms with van der Waals surface area (Å²) in [4.78, 5) is 11.7. The number of aryl methyl sites for hydroxylation is 2. The van der Waals surface area contributed by atoms with Crippen LogP contribution in [0.25, 0.3) is 10.9 Å². The molecule has 0 saturated carbocycles. The number of hydrogen-bond acceptors (Lipinski definition) is 1. The van der Waals surface area contributed by atoms with Crippen LogP contribution >= 0.6 is 0 Å². The predicted molar refractivity (Wildman–Crippen MR) is 87.3 cm³/mol. The van der Waals surface area contributed by atoms with Crippen LogP contribution in [-0.4, -0.2) is 15.6 Å². The van der Waals surface area contributed by atoms with Crippen LogP contribution in [0.5, 0.6) is 0 Å². The second kappa shape index (κ2) is 5.92. The fourth-order valence-electron chi connectivity index (χ4n) is 2.98. The maximum Gasteiger partial charge on any atom is 0.337 e. The highest BCUT2D eigenvalue weighted by Crippen LogP contribution is 2.32. The summed E-state index contributed by atoms with van der Waals surface area (Å²) in [6, 6.07) is 4.02. The number of nitrogens with zero attached hydrogens (tertiary/aromatic N) is 1. The summed E-state index contributed by atoms with van der Waals surface area (Å²) >= 11 is 0. The molecular weight excluding hydrogens is 262 g/mol. The van der Waals surface area contributed by atoms with Crippen molar-refractivity contribution in [1.82, 2.24) is 4.57 Å². The summed E-state index contributed by atoms with van der Waals surface area (Å²) in [5, 5.41) is 10.7. The average molecular weight is 287 g/mol. The van der Waals surface area contributed by atoms with Gasteiger partial charge in [-0.2, -0.15) is 0 Å². The van der Waals surface area contributed by atoms with E-state index in [4.69, 9.17) is 0 Å². The zero-order valence-corrected chi connectivity index (χ0v) is 13.7. The van der Waals surface area contributed by atoms with Crippen LogP contribution in [0.3, 0.4) is 0 Å². The molecule has 0 fully saturated rings. The van der Waals surface area contributed by atoms with Gasteiger partial charge in [-0.15, -0.1) is 0 Å². The van der Waals surface area contributed by atoms with Gasteiger partial charge in [0.1, 0.15) is 0 Å². The lowest BCUT2D eigenvalue weighted by Gasteiger charge is -2.10. The molecule has 114 valence electrons. The van der Waals surface area contributed by atoms with Crippen LogP contribution in [0.2, 0.25) is 0 Å². The predicted octanol–water partition coefficient (Wildman–Crippen LogP) is 4.65. The van der Waals surface area contributed by atoms with Gasteiger partial charge in [0.05, 0.1) is 11.1 Å². The standard InChI is InChI=1S/C18H25NO2/c1-6-7-8-14-12(4)19(5)17-15(14)9-13(11(2)3)10-16(17)18(20)21/h9-11H,6-8H2,1-5H3,(H,20,21). The average Bonchev–Trinajstić information content (AvgIpc) is 2.68. The highest BCUT2D eigenvalue weighted by molar-refractivity contribution is 6.04. The Labute approximate surface area is 126 Å². The molecular formula is C18H25NO2. The number of aromatic carboxylic acids is 1. The topological polar surface area (TPSA) is 42.2 Å². The molecule has 1 aromatic heterocycles. The third kappa shape index (κ3) is 2.69. The van der Waals surface area contributed by atoms with Crippen LogP contribution in [0.4, 0.5) is 0 Å². The molecule has 0 aliphatic heterocycles. The molecule has 2 rings (SSSR count). The first-order valence-electron chi connectivity index (χ1n) is 7.73. The first kappa shape index (κ1) is 15.6. The second-order valence-electron chi connectivity index (χ2n) is 6.15. The van der Waals surface area contributed by atoms with Crippen molar-refractivity contribution in [1.29, 1.82) is 0 Å². The molecule has 0 atom stereocenters. The van der Waals surface area contributed by atoms with Gasteiger partial charge in [0.15, 0.2) is 0 Å². The third-order valence-corrected chi connectivity index (χ3v) is 4.41. The van der Waals surface area contributed by atoms with Gasteiger partial charge in [-0.3, -0.25) is 0 Å². The van der Waals surface area contributed by atoms with Crippen LogP contribution in [-0.2, 0) is 13.5 Å². The van der Waals surface area contributed by atoms with E-state index < -0.39 is 5.97 Å². The van der Waals surface area contributed by atoms with Crippen LogP contribution < -0.4 is 0 Å². The molecule has 0 aliphatic rings. The summed E-state index contributed by atoms with van der Waals surface area (Å²) in [7, 11) is 1.97. The largest absolute Gasteiger partial charge is 0.478 e. The van der Waals surface area contributed by atoms with Crippen LogP contribution in [0.15, 0.2) is 12.1 Å². The van der Waals surface area contributed by atoms with Gasteiger partial charge < -0.3 is 9.67 Å². The fourth-order valence-corrected chi connectivity index (χ4v) is 2.98. The van der Waals surface area contributed by atoms with Crippen molar-refractivity contribution in [3.05, 3.63) is 34.5 Å². The van der Waals surface area contributed by atoms with Crippen molar-refractivity contribution in [2.75, 3.05) is 0 Å². The van der Waals surface area contributed by atoms with Gasteiger partial charge in [-0.1, -0.05) is 27.2 Å². The molecule has 2 aromatic rings. The number of unbranched alkanes of at least 4 members (excludes halogenated alkanes) is 1. The van der Waals surface area contributed by atoms with E-state index in [-0.39, 0.29) is 0 Å². The van der Waals surface area contributed by atoms with Gasteiger partial charge in [0.2, 0.25) is 0 Å².